The molecule has 0 saturated heterocycles. The summed E-state index contributed by atoms with van der Waals surface area (Å²) in [5, 5.41) is 10.6. The second kappa shape index (κ2) is 7.38. The molecule has 4 heteroatoms. The molecule has 1 heterocycles. The van der Waals surface area contributed by atoms with Crippen LogP contribution in [0.15, 0.2) is 42.6 Å². The van der Waals surface area contributed by atoms with Crippen LogP contribution >= 0.6 is 0 Å². The molecule has 2 aromatic rings. The SMILES string of the molecule is CCC(C)(O)c1ccnc(OC)c1COCc1ccccc1. The first kappa shape index (κ1) is 16.5. The second-order valence-electron chi connectivity index (χ2n) is 5.45. The number of ether oxygens (including phenoxy) is 2. The molecule has 22 heavy (non-hydrogen) atoms. The van der Waals surface area contributed by atoms with Crippen LogP contribution in [0.2, 0.25) is 0 Å². The number of methoxy groups -OCH3 is 1. The fourth-order valence-electron chi connectivity index (χ4n) is 2.33. The molecule has 0 radical (unpaired) electrons. The van der Waals surface area contributed by atoms with Crippen LogP contribution in [-0.2, 0) is 23.6 Å². The lowest BCUT2D eigenvalue weighted by molar-refractivity contribution is 0.0462. The first-order chi connectivity index (χ1) is 10.6. The van der Waals surface area contributed by atoms with Crippen LogP contribution in [0.25, 0.3) is 0 Å². The van der Waals surface area contributed by atoms with Gasteiger partial charge in [-0.25, -0.2) is 4.98 Å². The van der Waals surface area contributed by atoms with Crippen molar-refractivity contribution in [2.45, 2.75) is 39.1 Å². The molecule has 0 saturated carbocycles. The van der Waals surface area contributed by atoms with Crippen LogP contribution < -0.4 is 4.74 Å². The average molecular weight is 301 g/mol. The van der Waals surface area contributed by atoms with Crippen LogP contribution in [0.5, 0.6) is 5.88 Å². The number of aliphatic hydroxyl groups is 1. The fraction of sp³-hybridized carbons (Fsp3) is 0.389. The van der Waals surface area contributed by atoms with E-state index >= 15 is 0 Å². The Bertz CT molecular complexity index is 597. The Morgan fingerprint density at radius 3 is 2.50 bits per heavy atom. The molecule has 0 aliphatic carbocycles. The first-order valence-electron chi connectivity index (χ1n) is 7.45. The summed E-state index contributed by atoms with van der Waals surface area (Å²) in [5.74, 6) is 0.499. The molecule has 1 unspecified atom stereocenters. The second-order valence-corrected chi connectivity index (χ2v) is 5.45. The summed E-state index contributed by atoms with van der Waals surface area (Å²) in [5.41, 5.74) is 1.78. The molecule has 1 aromatic carbocycles. The van der Waals surface area contributed by atoms with Gasteiger partial charge in [0.05, 0.1) is 25.9 Å². The van der Waals surface area contributed by atoms with Crippen LogP contribution in [0.3, 0.4) is 0 Å². The third-order valence-corrected chi connectivity index (χ3v) is 3.84. The summed E-state index contributed by atoms with van der Waals surface area (Å²) in [6, 6.07) is 11.8. The zero-order valence-electron chi connectivity index (χ0n) is 13.4. The molecule has 0 fully saturated rings. The van der Waals surface area contributed by atoms with Gasteiger partial charge in [-0.3, -0.25) is 0 Å². The van der Waals surface area contributed by atoms with Crippen molar-refractivity contribution >= 4 is 0 Å². The molecular formula is C18H23NO3. The van der Waals surface area contributed by atoms with Crippen LogP contribution in [-0.4, -0.2) is 17.2 Å². The van der Waals surface area contributed by atoms with E-state index in [1.54, 1.807) is 20.2 Å². The number of rotatable bonds is 7. The van der Waals surface area contributed by atoms with E-state index in [2.05, 4.69) is 4.98 Å². The highest BCUT2D eigenvalue weighted by molar-refractivity contribution is 5.37. The van der Waals surface area contributed by atoms with Gasteiger partial charge in [-0.05, 0) is 30.5 Å². The number of hydrogen-bond donors (Lipinski definition) is 1. The normalized spacial score (nSPS) is 13.6. The predicted octanol–water partition coefficient (Wildman–Crippen LogP) is 3.42. The highest BCUT2D eigenvalue weighted by Gasteiger charge is 2.26. The Morgan fingerprint density at radius 2 is 1.86 bits per heavy atom. The van der Waals surface area contributed by atoms with Crippen LogP contribution in [0.1, 0.15) is 37.0 Å². The Balaban J connectivity index is 2.18. The minimum absolute atomic E-state index is 0.345. The van der Waals surface area contributed by atoms with Gasteiger partial charge in [0.1, 0.15) is 0 Å². The standard InChI is InChI=1S/C18H23NO3/c1-4-18(2,20)16-10-11-19-17(21-3)15(16)13-22-12-14-8-6-5-7-9-14/h5-11,20H,4,12-13H2,1-3H3. The van der Waals surface area contributed by atoms with Gasteiger partial charge in [-0.15, -0.1) is 0 Å². The van der Waals surface area contributed by atoms with Gasteiger partial charge in [0, 0.05) is 11.8 Å². The van der Waals surface area contributed by atoms with E-state index in [9.17, 15) is 5.11 Å². The average Bonchev–Trinajstić information content (AvgIpc) is 2.55. The molecule has 1 atom stereocenters. The lowest BCUT2D eigenvalue weighted by atomic mass is 9.90. The van der Waals surface area contributed by atoms with Gasteiger partial charge < -0.3 is 14.6 Å². The van der Waals surface area contributed by atoms with E-state index in [1.807, 2.05) is 43.3 Å². The van der Waals surface area contributed by atoms with E-state index in [-0.39, 0.29) is 0 Å². The summed E-state index contributed by atoms with van der Waals surface area (Å²) < 4.78 is 11.1. The quantitative estimate of drug-likeness (QED) is 0.851. The minimum Gasteiger partial charge on any atom is -0.481 e. The number of nitrogens with zero attached hydrogens (tertiary/aromatic N) is 1. The highest BCUT2D eigenvalue weighted by Crippen LogP contribution is 2.31. The lowest BCUT2D eigenvalue weighted by Gasteiger charge is -2.25. The Hall–Kier alpha value is -1.91. The zero-order valence-corrected chi connectivity index (χ0v) is 13.4. The summed E-state index contributed by atoms with van der Waals surface area (Å²) >= 11 is 0. The van der Waals surface area contributed by atoms with E-state index in [0.29, 0.717) is 25.5 Å². The van der Waals surface area contributed by atoms with Crippen molar-refractivity contribution in [2.75, 3.05) is 7.11 Å². The van der Waals surface area contributed by atoms with E-state index in [1.165, 1.54) is 0 Å². The van der Waals surface area contributed by atoms with Gasteiger partial charge in [0.15, 0.2) is 0 Å². The van der Waals surface area contributed by atoms with Crippen molar-refractivity contribution in [3.63, 3.8) is 0 Å². The molecule has 2 rings (SSSR count). The van der Waals surface area contributed by atoms with Crippen molar-refractivity contribution in [1.82, 2.24) is 4.98 Å². The third-order valence-electron chi connectivity index (χ3n) is 3.84. The molecule has 4 nitrogen and oxygen atoms in total. The zero-order chi connectivity index (χ0) is 16.0. The molecule has 0 amide bonds. The first-order valence-corrected chi connectivity index (χ1v) is 7.45. The smallest absolute Gasteiger partial charge is 0.218 e. The van der Waals surface area contributed by atoms with E-state index in [0.717, 1.165) is 16.7 Å². The lowest BCUT2D eigenvalue weighted by Crippen LogP contribution is -2.22. The Morgan fingerprint density at radius 1 is 1.14 bits per heavy atom. The maximum atomic E-state index is 10.6. The maximum absolute atomic E-state index is 10.6. The maximum Gasteiger partial charge on any atom is 0.218 e. The van der Waals surface area contributed by atoms with Crippen LogP contribution in [0.4, 0.5) is 0 Å². The van der Waals surface area contributed by atoms with Crippen molar-refractivity contribution in [3.05, 3.63) is 59.3 Å². The van der Waals surface area contributed by atoms with E-state index < -0.39 is 5.60 Å². The van der Waals surface area contributed by atoms with Crippen LogP contribution in [0, 0.1) is 0 Å². The molecule has 0 aliphatic rings. The van der Waals surface area contributed by atoms with Gasteiger partial charge in [0.25, 0.3) is 0 Å². The van der Waals surface area contributed by atoms with Gasteiger partial charge >= 0.3 is 0 Å². The molecule has 1 N–H and O–H groups in total. The number of hydrogen-bond acceptors (Lipinski definition) is 4. The molecule has 0 aliphatic heterocycles. The van der Waals surface area contributed by atoms with Gasteiger partial charge in [0.2, 0.25) is 5.88 Å². The number of pyridine rings is 1. The highest BCUT2D eigenvalue weighted by atomic mass is 16.5. The largest absolute Gasteiger partial charge is 0.481 e. The summed E-state index contributed by atoms with van der Waals surface area (Å²) in [6.45, 7) is 4.59. The monoisotopic (exact) mass is 301 g/mol. The summed E-state index contributed by atoms with van der Waals surface area (Å²) in [4.78, 5) is 4.22. The summed E-state index contributed by atoms with van der Waals surface area (Å²) in [6.07, 6.45) is 2.25. The van der Waals surface area contributed by atoms with Crippen molar-refractivity contribution in [3.8, 4) is 5.88 Å². The third kappa shape index (κ3) is 3.84. The van der Waals surface area contributed by atoms with E-state index in [4.69, 9.17) is 9.47 Å². The topological polar surface area (TPSA) is 51.6 Å². The Labute approximate surface area is 131 Å². The van der Waals surface area contributed by atoms with Gasteiger partial charge in [-0.2, -0.15) is 0 Å². The predicted molar refractivity (Wildman–Crippen MR) is 85.6 cm³/mol. The molecular weight excluding hydrogens is 278 g/mol. The molecule has 0 bridgehead atoms. The number of benzene rings is 1. The molecule has 118 valence electrons. The van der Waals surface area contributed by atoms with Gasteiger partial charge in [-0.1, -0.05) is 37.3 Å². The van der Waals surface area contributed by atoms with Crippen molar-refractivity contribution in [1.29, 1.82) is 0 Å². The van der Waals surface area contributed by atoms with Crippen molar-refractivity contribution in [2.24, 2.45) is 0 Å². The fourth-order valence-corrected chi connectivity index (χ4v) is 2.33. The minimum atomic E-state index is -0.929. The Kier molecular flexibility index (Phi) is 5.52. The molecule has 0 spiro atoms. The summed E-state index contributed by atoms with van der Waals surface area (Å²) in [7, 11) is 1.58. The molecule has 1 aromatic heterocycles. The van der Waals surface area contributed by atoms with Crippen molar-refractivity contribution < 1.29 is 14.6 Å². The number of aromatic nitrogens is 1.